The minimum absolute atomic E-state index is 0.271. The number of para-hydroxylation sites is 1. The van der Waals surface area contributed by atoms with Crippen molar-refractivity contribution in [1.82, 2.24) is 10.3 Å². The molecule has 0 aliphatic heterocycles. The van der Waals surface area contributed by atoms with Gasteiger partial charge in [-0.1, -0.05) is 36.4 Å². The molecule has 5 nitrogen and oxygen atoms in total. The van der Waals surface area contributed by atoms with Gasteiger partial charge in [0.2, 0.25) is 0 Å². The number of halogens is 1. The van der Waals surface area contributed by atoms with Crippen molar-refractivity contribution in [3.63, 3.8) is 0 Å². The molecule has 0 unspecified atom stereocenters. The maximum atomic E-state index is 13.6. The van der Waals surface area contributed by atoms with Crippen LogP contribution in [-0.4, -0.2) is 23.3 Å². The molecular weight excluding hydrogens is 369 g/mol. The van der Waals surface area contributed by atoms with Gasteiger partial charge in [0.25, 0.3) is 11.8 Å². The predicted octanol–water partition coefficient (Wildman–Crippen LogP) is 4.06. The fourth-order valence-electron chi connectivity index (χ4n) is 3.00. The second kappa shape index (κ2) is 9.10. The summed E-state index contributed by atoms with van der Waals surface area (Å²) in [5.41, 5.74) is 3.74. The number of hydrogen-bond acceptors (Lipinski definition) is 3. The van der Waals surface area contributed by atoms with Crippen LogP contribution in [0.25, 0.3) is 0 Å². The molecule has 0 radical (unpaired) electrons. The van der Waals surface area contributed by atoms with E-state index in [9.17, 15) is 14.0 Å². The number of benzene rings is 2. The average molecular weight is 391 g/mol. The number of rotatable bonds is 6. The summed E-state index contributed by atoms with van der Waals surface area (Å²) in [7, 11) is 0. The van der Waals surface area contributed by atoms with Crippen molar-refractivity contribution in [2.45, 2.75) is 20.3 Å². The van der Waals surface area contributed by atoms with Gasteiger partial charge in [0.05, 0.1) is 11.1 Å². The molecule has 0 saturated heterocycles. The molecule has 3 aromatic rings. The Labute approximate surface area is 169 Å². The van der Waals surface area contributed by atoms with Crippen LogP contribution in [0, 0.1) is 19.7 Å². The monoisotopic (exact) mass is 391 g/mol. The Kier molecular flexibility index (Phi) is 6.34. The summed E-state index contributed by atoms with van der Waals surface area (Å²) in [5, 5.41) is 5.61. The number of anilines is 1. The van der Waals surface area contributed by atoms with E-state index in [1.54, 1.807) is 18.2 Å². The van der Waals surface area contributed by atoms with Crippen molar-refractivity contribution in [3.8, 4) is 0 Å². The quantitative estimate of drug-likeness (QED) is 0.666. The molecule has 0 bridgehead atoms. The van der Waals surface area contributed by atoms with Gasteiger partial charge < -0.3 is 10.6 Å². The molecule has 1 aromatic heterocycles. The van der Waals surface area contributed by atoms with E-state index in [-0.39, 0.29) is 35.3 Å². The second-order valence-corrected chi connectivity index (χ2v) is 6.78. The molecule has 1 heterocycles. The van der Waals surface area contributed by atoms with E-state index in [1.165, 1.54) is 24.5 Å². The lowest BCUT2D eigenvalue weighted by atomic mass is 10.1. The number of amides is 2. The van der Waals surface area contributed by atoms with Gasteiger partial charge in [-0.25, -0.2) is 4.39 Å². The third kappa shape index (κ3) is 5.04. The molecular formula is C23H22FN3O2. The molecule has 0 fully saturated rings. The van der Waals surface area contributed by atoms with Crippen molar-refractivity contribution in [1.29, 1.82) is 0 Å². The van der Waals surface area contributed by atoms with Crippen LogP contribution in [0.2, 0.25) is 0 Å². The molecule has 0 aliphatic carbocycles. The number of carbonyl (C=O) groups excluding carboxylic acids is 2. The van der Waals surface area contributed by atoms with Crippen LogP contribution in [-0.2, 0) is 6.42 Å². The van der Waals surface area contributed by atoms with Gasteiger partial charge in [-0.15, -0.1) is 0 Å². The zero-order valence-corrected chi connectivity index (χ0v) is 16.3. The lowest BCUT2D eigenvalue weighted by molar-refractivity contribution is 0.0953. The van der Waals surface area contributed by atoms with Crippen LogP contribution in [0.4, 0.5) is 10.1 Å². The number of nitrogens with zero attached hydrogens (tertiary/aromatic N) is 1. The van der Waals surface area contributed by atoms with Crippen LogP contribution < -0.4 is 10.6 Å². The first-order valence-corrected chi connectivity index (χ1v) is 9.30. The molecule has 2 aromatic carbocycles. The second-order valence-electron chi connectivity index (χ2n) is 6.78. The number of hydrogen-bond donors (Lipinski definition) is 2. The van der Waals surface area contributed by atoms with E-state index < -0.39 is 0 Å². The van der Waals surface area contributed by atoms with Crippen LogP contribution >= 0.6 is 0 Å². The van der Waals surface area contributed by atoms with Gasteiger partial charge in [0, 0.05) is 24.6 Å². The van der Waals surface area contributed by atoms with Gasteiger partial charge in [-0.05, 0) is 49.1 Å². The molecule has 0 aliphatic rings. The number of pyridine rings is 1. The highest BCUT2D eigenvalue weighted by Crippen LogP contribution is 2.20. The normalized spacial score (nSPS) is 10.4. The zero-order chi connectivity index (χ0) is 20.8. The van der Waals surface area contributed by atoms with Crippen molar-refractivity contribution in [2.75, 3.05) is 11.9 Å². The van der Waals surface area contributed by atoms with Crippen molar-refractivity contribution in [3.05, 3.63) is 94.6 Å². The van der Waals surface area contributed by atoms with Gasteiger partial charge in [-0.3, -0.25) is 14.6 Å². The highest BCUT2D eigenvalue weighted by atomic mass is 19.1. The number of carbonyl (C=O) groups is 2. The molecule has 6 heteroatoms. The van der Waals surface area contributed by atoms with E-state index >= 15 is 0 Å². The van der Waals surface area contributed by atoms with E-state index in [1.807, 2.05) is 32.0 Å². The van der Waals surface area contributed by atoms with Crippen LogP contribution in [0.15, 0.2) is 60.9 Å². The smallest absolute Gasteiger partial charge is 0.257 e. The van der Waals surface area contributed by atoms with E-state index in [4.69, 9.17) is 0 Å². The summed E-state index contributed by atoms with van der Waals surface area (Å²) < 4.78 is 13.6. The van der Waals surface area contributed by atoms with Crippen LogP contribution in [0.3, 0.4) is 0 Å². The number of aromatic nitrogens is 1. The minimum atomic E-state index is -0.365. The Bertz CT molecular complexity index is 1030. The van der Waals surface area contributed by atoms with Gasteiger partial charge in [0.15, 0.2) is 0 Å². The topological polar surface area (TPSA) is 71.1 Å². The molecule has 2 amide bonds. The molecule has 0 spiro atoms. The maximum absolute atomic E-state index is 13.6. The number of nitrogens with one attached hydrogen (secondary N) is 2. The molecule has 0 atom stereocenters. The van der Waals surface area contributed by atoms with E-state index in [0.29, 0.717) is 12.0 Å². The van der Waals surface area contributed by atoms with E-state index in [0.717, 1.165) is 16.8 Å². The summed E-state index contributed by atoms with van der Waals surface area (Å²) >= 11 is 0. The largest absolute Gasteiger partial charge is 0.352 e. The van der Waals surface area contributed by atoms with Gasteiger partial charge in [-0.2, -0.15) is 0 Å². The Hall–Kier alpha value is -3.54. The first-order valence-electron chi connectivity index (χ1n) is 9.30. The fraction of sp³-hybridized carbons (Fsp3) is 0.174. The Morgan fingerprint density at radius 1 is 0.931 bits per heavy atom. The summed E-state index contributed by atoms with van der Waals surface area (Å²) in [6.07, 6.45) is 3.19. The molecule has 29 heavy (non-hydrogen) atoms. The first kappa shape index (κ1) is 20.2. The predicted molar refractivity (Wildman–Crippen MR) is 111 cm³/mol. The summed E-state index contributed by atoms with van der Waals surface area (Å²) in [5.74, 6) is -1.000. The Balaban J connectivity index is 1.64. The summed E-state index contributed by atoms with van der Waals surface area (Å²) in [6.45, 7) is 4.11. The maximum Gasteiger partial charge on any atom is 0.257 e. The summed E-state index contributed by atoms with van der Waals surface area (Å²) in [4.78, 5) is 29.0. The standard InChI is InChI=1S/C23H22FN3O2/c1-15-6-5-7-16(2)21(15)27-23(29)19-12-18(13-25-14-19)22(28)26-11-10-17-8-3-4-9-20(17)24/h3-9,12-14H,10-11H2,1-2H3,(H,26,28)(H,27,29). The van der Waals surface area contributed by atoms with Crippen molar-refractivity contribution >= 4 is 17.5 Å². The Morgan fingerprint density at radius 3 is 2.28 bits per heavy atom. The van der Waals surface area contributed by atoms with Gasteiger partial charge >= 0.3 is 0 Å². The molecule has 3 rings (SSSR count). The average Bonchev–Trinajstić information content (AvgIpc) is 2.72. The SMILES string of the molecule is Cc1cccc(C)c1NC(=O)c1cncc(C(=O)NCCc2ccccc2F)c1. The molecule has 0 saturated carbocycles. The van der Waals surface area contributed by atoms with E-state index in [2.05, 4.69) is 15.6 Å². The lowest BCUT2D eigenvalue weighted by Gasteiger charge is -2.12. The minimum Gasteiger partial charge on any atom is -0.352 e. The highest BCUT2D eigenvalue weighted by Gasteiger charge is 2.13. The third-order valence-corrected chi connectivity index (χ3v) is 4.62. The van der Waals surface area contributed by atoms with Crippen LogP contribution in [0.1, 0.15) is 37.4 Å². The molecule has 2 N–H and O–H groups in total. The lowest BCUT2D eigenvalue weighted by Crippen LogP contribution is -2.26. The Morgan fingerprint density at radius 2 is 1.59 bits per heavy atom. The third-order valence-electron chi connectivity index (χ3n) is 4.62. The van der Waals surface area contributed by atoms with Crippen molar-refractivity contribution < 1.29 is 14.0 Å². The fourth-order valence-corrected chi connectivity index (χ4v) is 3.00. The zero-order valence-electron chi connectivity index (χ0n) is 16.3. The number of aryl methyl sites for hydroxylation is 2. The van der Waals surface area contributed by atoms with Crippen molar-refractivity contribution in [2.24, 2.45) is 0 Å². The molecule has 148 valence electrons. The first-order chi connectivity index (χ1) is 14.0. The van der Waals surface area contributed by atoms with Gasteiger partial charge in [0.1, 0.15) is 5.82 Å². The summed E-state index contributed by atoms with van der Waals surface area (Å²) in [6, 6.07) is 13.7. The highest BCUT2D eigenvalue weighted by molar-refractivity contribution is 6.06. The van der Waals surface area contributed by atoms with Crippen LogP contribution in [0.5, 0.6) is 0 Å².